The molecule has 3 nitrogen and oxygen atoms in total. The van der Waals surface area contributed by atoms with Gasteiger partial charge in [-0.05, 0) is 19.4 Å². The number of rotatable bonds is 15. The van der Waals surface area contributed by atoms with Gasteiger partial charge >= 0.3 is 5.97 Å². The Morgan fingerprint density at radius 1 is 0.875 bits per heavy atom. The Bertz CT molecular complexity index is 306. The van der Waals surface area contributed by atoms with Gasteiger partial charge < -0.3 is 4.74 Å². The van der Waals surface area contributed by atoms with Crippen LogP contribution < -0.4 is 0 Å². The van der Waals surface area contributed by atoms with E-state index in [4.69, 9.17) is 4.74 Å². The summed E-state index contributed by atoms with van der Waals surface area (Å²) in [5, 5.41) is 0. The lowest BCUT2D eigenvalue weighted by molar-refractivity contribution is -0.148. The lowest BCUT2D eigenvalue weighted by Crippen LogP contribution is -2.24. The van der Waals surface area contributed by atoms with Gasteiger partial charge in [0.05, 0.1) is 0 Å². The van der Waals surface area contributed by atoms with Gasteiger partial charge in [-0.1, -0.05) is 84.5 Å². The summed E-state index contributed by atoms with van der Waals surface area (Å²) < 4.78 is 5.56. The van der Waals surface area contributed by atoms with Crippen LogP contribution in [0.25, 0.3) is 0 Å². The molecule has 0 bridgehead atoms. The number of nitrogens with zero attached hydrogens (tertiary/aromatic N) is 1. The van der Waals surface area contributed by atoms with Crippen molar-refractivity contribution in [2.75, 3.05) is 19.6 Å². The molecule has 1 atom stereocenters. The van der Waals surface area contributed by atoms with Crippen molar-refractivity contribution in [3.63, 3.8) is 0 Å². The standard InChI is InChI=1S/C21H41NO2/c1-3-5-6-7-8-9-10-11-12-13-14-15-16-21(23)24-20-17-18-22(4-2)19-20/h20H,3-19H2,1-2H3. The molecule has 0 N–H and O–H groups in total. The molecule has 0 radical (unpaired) electrons. The number of esters is 1. The number of unbranched alkanes of at least 4 members (excludes halogenated alkanes) is 11. The third-order valence-electron chi connectivity index (χ3n) is 5.21. The molecule has 0 saturated carbocycles. The molecule has 1 fully saturated rings. The SMILES string of the molecule is CCCCCCCCCCCCCCC(=O)OC1CCN(CC)C1. The molecular formula is C21H41NO2. The second-order valence-corrected chi connectivity index (χ2v) is 7.43. The summed E-state index contributed by atoms with van der Waals surface area (Å²) in [5.74, 6) is 0.0185. The number of ether oxygens (including phenoxy) is 1. The van der Waals surface area contributed by atoms with Crippen LogP contribution in [-0.4, -0.2) is 36.6 Å². The highest BCUT2D eigenvalue weighted by Gasteiger charge is 2.23. The first-order valence-electron chi connectivity index (χ1n) is 10.7. The first-order valence-corrected chi connectivity index (χ1v) is 10.7. The van der Waals surface area contributed by atoms with E-state index in [-0.39, 0.29) is 12.1 Å². The maximum atomic E-state index is 11.8. The molecule has 0 spiro atoms. The molecule has 1 saturated heterocycles. The summed E-state index contributed by atoms with van der Waals surface area (Å²) in [4.78, 5) is 14.2. The van der Waals surface area contributed by atoms with Crippen LogP contribution >= 0.6 is 0 Å². The average molecular weight is 340 g/mol. The zero-order valence-corrected chi connectivity index (χ0v) is 16.4. The van der Waals surface area contributed by atoms with Crippen LogP contribution in [0.5, 0.6) is 0 Å². The third kappa shape index (κ3) is 11.1. The van der Waals surface area contributed by atoms with Crippen molar-refractivity contribution in [3.8, 4) is 0 Å². The molecule has 0 aromatic carbocycles. The highest BCUT2D eigenvalue weighted by Crippen LogP contribution is 2.15. The molecule has 24 heavy (non-hydrogen) atoms. The number of carbonyl (C=O) groups excluding carboxylic acids is 1. The van der Waals surface area contributed by atoms with Gasteiger partial charge in [0.15, 0.2) is 0 Å². The number of hydrogen-bond donors (Lipinski definition) is 0. The zero-order valence-electron chi connectivity index (χ0n) is 16.4. The molecular weight excluding hydrogens is 298 g/mol. The topological polar surface area (TPSA) is 29.5 Å². The molecule has 0 amide bonds. The van der Waals surface area contributed by atoms with Crippen LogP contribution in [0.2, 0.25) is 0 Å². The van der Waals surface area contributed by atoms with Crippen molar-refractivity contribution in [3.05, 3.63) is 0 Å². The van der Waals surface area contributed by atoms with E-state index in [9.17, 15) is 4.79 Å². The highest BCUT2D eigenvalue weighted by molar-refractivity contribution is 5.69. The van der Waals surface area contributed by atoms with E-state index < -0.39 is 0 Å². The van der Waals surface area contributed by atoms with Gasteiger partial charge in [-0.15, -0.1) is 0 Å². The van der Waals surface area contributed by atoms with Gasteiger partial charge in [0.1, 0.15) is 6.10 Å². The Hall–Kier alpha value is -0.570. The Labute approximate surface area is 150 Å². The Morgan fingerprint density at radius 2 is 1.42 bits per heavy atom. The van der Waals surface area contributed by atoms with Gasteiger partial charge in [0.2, 0.25) is 0 Å². The van der Waals surface area contributed by atoms with Crippen LogP contribution in [0.1, 0.15) is 104 Å². The number of carbonyl (C=O) groups is 1. The predicted molar refractivity (Wildman–Crippen MR) is 102 cm³/mol. The molecule has 0 aromatic heterocycles. The minimum Gasteiger partial charge on any atom is -0.461 e. The quantitative estimate of drug-likeness (QED) is 0.282. The monoisotopic (exact) mass is 339 g/mol. The fraction of sp³-hybridized carbons (Fsp3) is 0.952. The molecule has 0 aromatic rings. The summed E-state index contributed by atoms with van der Waals surface area (Å²) in [5.41, 5.74) is 0. The summed E-state index contributed by atoms with van der Waals surface area (Å²) in [6.07, 6.45) is 17.7. The second kappa shape index (κ2) is 14.7. The van der Waals surface area contributed by atoms with Crippen molar-refractivity contribution in [2.45, 2.75) is 110 Å². The van der Waals surface area contributed by atoms with Crippen LogP contribution in [-0.2, 0) is 9.53 Å². The van der Waals surface area contributed by atoms with E-state index in [1.165, 1.54) is 70.6 Å². The normalized spacial score (nSPS) is 18.2. The van der Waals surface area contributed by atoms with Crippen molar-refractivity contribution < 1.29 is 9.53 Å². The lowest BCUT2D eigenvalue weighted by atomic mass is 10.0. The first-order chi connectivity index (χ1) is 11.8. The molecule has 0 aliphatic carbocycles. The van der Waals surface area contributed by atoms with Gasteiger partial charge in [-0.3, -0.25) is 9.69 Å². The first kappa shape index (κ1) is 21.5. The summed E-state index contributed by atoms with van der Waals surface area (Å²) in [6.45, 7) is 7.51. The molecule has 3 heteroatoms. The minimum atomic E-state index is 0.0185. The maximum absolute atomic E-state index is 11.8. The second-order valence-electron chi connectivity index (χ2n) is 7.43. The fourth-order valence-electron chi connectivity index (χ4n) is 3.54. The van der Waals surface area contributed by atoms with Gasteiger partial charge in [0, 0.05) is 19.5 Å². The van der Waals surface area contributed by atoms with Crippen LogP contribution in [0.3, 0.4) is 0 Å². The zero-order chi connectivity index (χ0) is 17.5. The predicted octanol–water partition coefficient (Wildman–Crippen LogP) is 5.72. The molecule has 1 rings (SSSR count). The Kier molecular flexibility index (Phi) is 13.2. The van der Waals surface area contributed by atoms with E-state index in [0.717, 1.165) is 32.5 Å². The minimum absolute atomic E-state index is 0.0185. The fourth-order valence-corrected chi connectivity index (χ4v) is 3.54. The van der Waals surface area contributed by atoms with Crippen molar-refractivity contribution in [1.82, 2.24) is 4.90 Å². The molecule has 1 aliphatic rings. The molecule has 1 aliphatic heterocycles. The molecule has 1 unspecified atom stereocenters. The summed E-state index contributed by atoms with van der Waals surface area (Å²) >= 11 is 0. The van der Waals surface area contributed by atoms with E-state index in [1.54, 1.807) is 0 Å². The largest absolute Gasteiger partial charge is 0.461 e. The molecule has 142 valence electrons. The third-order valence-corrected chi connectivity index (χ3v) is 5.21. The van der Waals surface area contributed by atoms with E-state index >= 15 is 0 Å². The van der Waals surface area contributed by atoms with Crippen LogP contribution in [0.4, 0.5) is 0 Å². The summed E-state index contributed by atoms with van der Waals surface area (Å²) in [7, 11) is 0. The molecule has 1 heterocycles. The van der Waals surface area contributed by atoms with Crippen molar-refractivity contribution in [1.29, 1.82) is 0 Å². The van der Waals surface area contributed by atoms with Crippen molar-refractivity contribution >= 4 is 5.97 Å². The summed E-state index contributed by atoms with van der Waals surface area (Å²) in [6, 6.07) is 0. The van der Waals surface area contributed by atoms with Gasteiger partial charge in [0.25, 0.3) is 0 Å². The van der Waals surface area contributed by atoms with E-state index in [2.05, 4.69) is 18.7 Å². The van der Waals surface area contributed by atoms with Gasteiger partial charge in [-0.2, -0.15) is 0 Å². The van der Waals surface area contributed by atoms with Crippen LogP contribution in [0, 0.1) is 0 Å². The Balaban J connectivity index is 1.81. The average Bonchev–Trinajstić information content (AvgIpc) is 3.03. The highest BCUT2D eigenvalue weighted by atomic mass is 16.5. The van der Waals surface area contributed by atoms with E-state index in [1.807, 2.05) is 0 Å². The number of likely N-dealkylation sites (tertiary alicyclic amines) is 1. The maximum Gasteiger partial charge on any atom is 0.306 e. The van der Waals surface area contributed by atoms with Gasteiger partial charge in [-0.25, -0.2) is 0 Å². The van der Waals surface area contributed by atoms with Crippen LogP contribution in [0.15, 0.2) is 0 Å². The Morgan fingerprint density at radius 3 is 1.92 bits per heavy atom. The van der Waals surface area contributed by atoms with E-state index in [0.29, 0.717) is 6.42 Å². The number of hydrogen-bond acceptors (Lipinski definition) is 3. The lowest BCUT2D eigenvalue weighted by Gasteiger charge is -2.13. The number of likely N-dealkylation sites (N-methyl/N-ethyl adjacent to an activating group) is 1. The van der Waals surface area contributed by atoms with Crippen molar-refractivity contribution in [2.24, 2.45) is 0 Å². The smallest absolute Gasteiger partial charge is 0.306 e.